The fourth-order valence-corrected chi connectivity index (χ4v) is 4.18. The van der Waals surface area contributed by atoms with Crippen LogP contribution in [-0.4, -0.2) is 30.6 Å². The molecule has 1 aliphatic rings. The van der Waals surface area contributed by atoms with Crippen molar-refractivity contribution in [2.45, 2.75) is 53.1 Å². The first-order chi connectivity index (χ1) is 11.3. The van der Waals surface area contributed by atoms with Crippen LogP contribution in [0.3, 0.4) is 0 Å². The van der Waals surface area contributed by atoms with E-state index in [1.54, 1.807) is 6.92 Å². The van der Waals surface area contributed by atoms with Crippen LogP contribution < -0.4 is 5.32 Å². The Morgan fingerprint density at radius 2 is 2.08 bits per heavy atom. The molecule has 2 rings (SSSR count). The average Bonchev–Trinajstić information content (AvgIpc) is 2.83. The molecule has 6 nitrogen and oxygen atoms in total. The standard InChI is InChI=1S/C17H23NO5S/c1-5-22-17(21)14-12-7-6-9(2)8-13(12)24-16(14)18-15(20)10(3)23-11(4)19/h9-10H,5-8H2,1-4H3,(H,18,20)/t9-,10+/m1/s1. The third-order valence-electron chi connectivity index (χ3n) is 3.94. The third kappa shape index (κ3) is 4.14. The Kier molecular flexibility index (Phi) is 5.99. The van der Waals surface area contributed by atoms with Gasteiger partial charge in [-0.3, -0.25) is 9.59 Å². The quantitative estimate of drug-likeness (QED) is 0.823. The number of nitrogens with one attached hydrogen (secondary N) is 1. The van der Waals surface area contributed by atoms with Gasteiger partial charge >= 0.3 is 11.9 Å². The Balaban J connectivity index is 2.29. The van der Waals surface area contributed by atoms with E-state index in [4.69, 9.17) is 9.47 Å². The lowest BCUT2D eigenvalue weighted by atomic mass is 9.88. The summed E-state index contributed by atoms with van der Waals surface area (Å²) in [5.74, 6) is -0.848. The van der Waals surface area contributed by atoms with E-state index < -0.39 is 23.9 Å². The van der Waals surface area contributed by atoms with Gasteiger partial charge in [-0.1, -0.05) is 6.92 Å². The maximum Gasteiger partial charge on any atom is 0.341 e. The van der Waals surface area contributed by atoms with Crippen molar-refractivity contribution in [2.24, 2.45) is 5.92 Å². The summed E-state index contributed by atoms with van der Waals surface area (Å²) < 4.78 is 10.0. The molecule has 0 fully saturated rings. The van der Waals surface area contributed by atoms with Crippen LogP contribution >= 0.6 is 11.3 Å². The highest BCUT2D eigenvalue weighted by molar-refractivity contribution is 7.17. The summed E-state index contributed by atoms with van der Waals surface area (Å²) in [5, 5.41) is 3.21. The van der Waals surface area contributed by atoms with E-state index in [-0.39, 0.29) is 6.61 Å². The van der Waals surface area contributed by atoms with Crippen LogP contribution in [0.1, 0.15) is 54.9 Å². The Labute approximate surface area is 145 Å². The molecule has 0 saturated carbocycles. The highest BCUT2D eigenvalue weighted by atomic mass is 32.1. The fraction of sp³-hybridized carbons (Fsp3) is 0.588. The van der Waals surface area contributed by atoms with Gasteiger partial charge in [0, 0.05) is 11.8 Å². The van der Waals surface area contributed by atoms with Crippen LogP contribution in [0, 0.1) is 5.92 Å². The highest BCUT2D eigenvalue weighted by Crippen LogP contribution is 2.40. The number of esters is 2. The number of rotatable bonds is 5. The van der Waals surface area contributed by atoms with Gasteiger partial charge in [0.1, 0.15) is 5.00 Å². The van der Waals surface area contributed by atoms with Crippen LogP contribution in [0.25, 0.3) is 0 Å². The molecule has 1 aromatic rings. The van der Waals surface area contributed by atoms with Gasteiger partial charge in [-0.05, 0) is 44.6 Å². The van der Waals surface area contributed by atoms with E-state index >= 15 is 0 Å². The molecule has 2 atom stereocenters. The van der Waals surface area contributed by atoms with E-state index in [1.807, 2.05) is 0 Å². The van der Waals surface area contributed by atoms with Crippen molar-refractivity contribution >= 4 is 34.2 Å². The van der Waals surface area contributed by atoms with Crippen LogP contribution in [0.15, 0.2) is 0 Å². The predicted octanol–water partition coefficient (Wildman–Crippen LogP) is 2.94. The third-order valence-corrected chi connectivity index (χ3v) is 5.11. The zero-order valence-electron chi connectivity index (χ0n) is 14.4. The Morgan fingerprint density at radius 1 is 1.38 bits per heavy atom. The van der Waals surface area contributed by atoms with Crippen molar-refractivity contribution < 1.29 is 23.9 Å². The molecule has 0 saturated heterocycles. The number of hydrogen-bond acceptors (Lipinski definition) is 6. The molecule has 1 aromatic heterocycles. The van der Waals surface area contributed by atoms with Crippen molar-refractivity contribution in [3.8, 4) is 0 Å². The van der Waals surface area contributed by atoms with E-state index in [2.05, 4.69) is 12.2 Å². The maximum atomic E-state index is 12.4. The monoisotopic (exact) mass is 353 g/mol. The summed E-state index contributed by atoms with van der Waals surface area (Å²) in [6.45, 7) is 6.94. The molecule has 0 bridgehead atoms. The molecule has 0 spiro atoms. The van der Waals surface area contributed by atoms with Crippen LogP contribution in [0.2, 0.25) is 0 Å². The molecule has 1 heterocycles. The number of fused-ring (bicyclic) bond motifs is 1. The highest BCUT2D eigenvalue weighted by Gasteiger charge is 2.30. The number of thiophene rings is 1. The van der Waals surface area contributed by atoms with Crippen molar-refractivity contribution in [1.82, 2.24) is 0 Å². The molecule has 1 N–H and O–H groups in total. The summed E-state index contributed by atoms with van der Waals surface area (Å²) in [4.78, 5) is 36.7. The first-order valence-electron chi connectivity index (χ1n) is 8.13. The summed E-state index contributed by atoms with van der Waals surface area (Å²) in [5.41, 5.74) is 1.43. The molecule has 0 unspecified atom stereocenters. The summed E-state index contributed by atoms with van der Waals surface area (Å²) in [6.07, 6.45) is 1.78. The smallest absolute Gasteiger partial charge is 0.341 e. The second kappa shape index (κ2) is 7.79. The largest absolute Gasteiger partial charge is 0.462 e. The van der Waals surface area contributed by atoms with Crippen molar-refractivity contribution in [2.75, 3.05) is 11.9 Å². The SMILES string of the molecule is CCOC(=O)c1c(NC(=O)[C@H](C)OC(C)=O)sc2c1CC[C@@H](C)C2. The van der Waals surface area contributed by atoms with E-state index in [0.29, 0.717) is 16.5 Å². The topological polar surface area (TPSA) is 81.7 Å². The van der Waals surface area contributed by atoms with Crippen molar-refractivity contribution in [3.63, 3.8) is 0 Å². The number of ether oxygens (including phenoxy) is 2. The second-order valence-electron chi connectivity index (χ2n) is 6.02. The number of anilines is 1. The molecule has 7 heteroatoms. The lowest BCUT2D eigenvalue weighted by Gasteiger charge is -2.18. The van der Waals surface area contributed by atoms with Gasteiger partial charge < -0.3 is 14.8 Å². The molecule has 0 radical (unpaired) electrons. The molecular weight excluding hydrogens is 330 g/mol. The van der Waals surface area contributed by atoms with Gasteiger partial charge in [-0.15, -0.1) is 11.3 Å². The summed E-state index contributed by atoms with van der Waals surface area (Å²) in [6, 6.07) is 0. The number of carbonyl (C=O) groups excluding carboxylic acids is 3. The van der Waals surface area contributed by atoms with Crippen LogP contribution in [0.4, 0.5) is 5.00 Å². The first-order valence-corrected chi connectivity index (χ1v) is 8.94. The van der Waals surface area contributed by atoms with Gasteiger partial charge in [0.05, 0.1) is 12.2 Å². The number of amides is 1. The lowest BCUT2D eigenvalue weighted by molar-refractivity contribution is -0.150. The zero-order valence-corrected chi connectivity index (χ0v) is 15.2. The molecular formula is C17H23NO5S. The lowest BCUT2D eigenvalue weighted by Crippen LogP contribution is -2.29. The van der Waals surface area contributed by atoms with Gasteiger partial charge in [-0.2, -0.15) is 0 Å². The normalized spacial score (nSPS) is 17.6. The predicted molar refractivity (Wildman–Crippen MR) is 91.3 cm³/mol. The minimum atomic E-state index is -0.921. The minimum Gasteiger partial charge on any atom is -0.462 e. The van der Waals surface area contributed by atoms with Gasteiger partial charge in [0.15, 0.2) is 6.10 Å². The van der Waals surface area contributed by atoms with Gasteiger partial charge in [-0.25, -0.2) is 4.79 Å². The Bertz CT molecular complexity index is 652. The first kappa shape index (κ1) is 18.4. The van der Waals surface area contributed by atoms with Crippen LogP contribution in [0.5, 0.6) is 0 Å². The Hall–Kier alpha value is -1.89. The summed E-state index contributed by atoms with van der Waals surface area (Å²) in [7, 11) is 0. The van der Waals surface area contributed by atoms with E-state index in [9.17, 15) is 14.4 Å². The number of carbonyl (C=O) groups is 3. The molecule has 132 valence electrons. The summed E-state index contributed by atoms with van der Waals surface area (Å²) >= 11 is 1.41. The molecule has 1 aliphatic carbocycles. The van der Waals surface area contributed by atoms with E-state index in [0.717, 1.165) is 29.7 Å². The average molecular weight is 353 g/mol. The molecule has 0 aromatic carbocycles. The zero-order chi connectivity index (χ0) is 17.9. The van der Waals surface area contributed by atoms with Gasteiger partial charge in [0.25, 0.3) is 5.91 Å². The maximum absolute atomic E-state index is 12.4. The Morgan fingerprint density at radius 3 is 2.71 bits per heavy atom. The van der Waals surface area contributed by atoms with Gasteiger partial charge in [0.2, 0.25) is 0 Å². The second-order valence-corrected chi connectivity index (χ2v) is 7.12. The molecule has 0 aliphatic heterocycles. The van der Waals surface area contributed by atoms with E-state index in [1.165, 1.54) is 25.2 Å². The van der Waals surface area contributed by atoms with Crippen LogP contribution in [-0.2, 0) is 31.9 Å². The number of hydrogen-bond donors (Lipinski definition) is 1. The molecule has 1 amide bonds. The van der Waals surface area contributed by atoms with Crippen molar-refractivity contribution in [3.05, 3.63) is 16.0 Å². The molecule has 24 heavy (non-hydrogen) atoms. The minimum absolute atomic E-state index is 0.275. The fourth-order valence-electron chi connectivity index (χ4n) is 2.77. The van der Waals surface area contributed by atoms with Crippen molar-refractivity contribution in [1.29, 1.82) is 0 Å².